The van der Waals surface area contributed by atoms with E-state index in [1.54, 1.807) is 6.20 Å². The number of carbonyl (C=O) groups is 1. The Balaban J connectivity index is 1.27. The van der Waals surface area contributed by atoms with E-state index in [0.29, 0.717) is 16.3 Å². The highest BCUT2D eigenvalue weighted by Gasteiger charge is 2.31. The van der Waals surface area contributed by atoms with Gasteiger partial charge in [-0.25, -0.2) is 14.5 Å². The van der Waals surface area contributed by atoms with Crippen LogP contribution in [-0.4, -0.2) is 31.7 Å². The van der Waals surface area contributed by atoms with Crippen molar-refractivity contribution in [1.29, 1.82) is 0 Å². The second-order valence-electron chi connectivity index (χ2n) is 10.3. The zero-order valence-electron chi connectivity index (χ0n) is 24.6. The Bertz CT molecular complexity index is 1890. The maximum absolute atomic E-state index is 12.8. The number of carbonyl (C=O) groups excluding carboxylic acids is 1. The standard InChI is InChI=1S/C32H29F3N6O2S/c1-19-14-20(2)28(21(3)15-19)41-23(5)17-44-31(41)38-30(42)36-16-22(4)24-6-8-25(9-7-24)29-37-18-40(39-29)26-10-12-27(13-11-26)43-32(33,34)35/h6-18H,1-5H3,(H,36,42)/b22-16+,38-31?. The Morgan fingerprint density at radius 3 is 2.30 bits per heavy atom. The normalized spacial score (nSPS) is 12.5. The van der Waals surface area contributed by atoms with E-state index >= 15 is 0 Å². The number of urea groups is 1. The van der Waals surface area contributed by atoms with Crippen molar-refractivity contribution >= 4 is 22.9 Å². The van der Waals surface area contributed by atoms with Gasteiger partial charge in [-0.1, -0.05) is 42.0 Å². The van der Waals surface area contributed by atoms with Crippen molar-refractivity contribution in [2.24, 2.45) is 4.99 Å². The molecule has 0 bridgehead atoms. The molecule has 0 radical (unpaired) electrons. The molecule has 8 nitrogen and oxygen atoms in total. The minimum Gasteiger partial charge on any atom is -0.406 e. The summed E-state index contributed by atoms with van der Waals surface area (Å²) in [5.41, 5.74) is 8.40. The number of hydrogen-bond donors (Lipinski definition) is 1. The highest BCUT2D eigenvalue weighted by Crippen LogP contribution is 2.25. The van der Waals surface area contributed by atoms with E-state index in [4.69, 9.17) is 0 Å². The summed E-state index contributed by atoms with van der Waals surface area (Å²) in [6.07, 6.45) is -1.66. The maximum atomic E-state index is 12.8. The lowest BCUT2D eigenvalue weighted by molar-refractivity contribution is -0.274. The molecule has 0 aliphatic heterocycles. The SMILES string of the molecule is C/C(=C\NC(=O)N=c1scc(C)n1-c1c(C)cc(C)cc1C)c1ccc(-c2ncn(-c3ccc(OC(F)(F)F)cc3)n2)cc1. The van der Waals surface area contributed by atoms with Crippen LogP contribution in [0, 0.1) is 27.7 Å². The molecule has 0 atom stereocenters. The summed E-state index contributed by atoms with van der Waals surface area (Å²) in [4.78, 5) is 22.0. The van der Waals surface area contributed by atoms with Gasteiger partial charge < -0.3 is 10.1 Å². The Labute approximate surface area is 255 Å². The van der Waals surface area contributed by atoms with Crippen LogP contribution in [0.2, 0.25) is 0 Å². The van der Waals surface area contributed by atoms with Crippen molar-refractivity contribution in [3.05, 3.63) is 111 Å². The third kappa shape index (κ3) is 6.97. The molecule has 44 heavy (non-hydrogen) atoms. The number of aromatic nitrogens is 4. The monoisotopic (exact) mass is 618 g/mol. The molecule has 2 heterocycles. The van der Waals surface area contributed by atoms with Crippen LogP contribution in [0.4, 0.5) is 18.0 Å². The van der Waals surface area contributed by atoms with Gasteiger partial charge in [-0.2, -0.15) is 4.99 Å². The lowest BCUT2D eigenvalue weighted by Crippen LogP contribution is -2.22. The van der Waals surface area contributed by atoms with Crippen LogP contribution in [-0.2, 0) is 0 Å². The first kappa shape index (κ1) is 30.5. The number of ether oxygens (including phenoxy) is 1. The average molecular weight is 619 g/mol. The number of aryl methyl sites for hydroxylation is 4. The zero-order chi connectivity index (χ0) is 31.6. The molecule has 0 aliphatic rings. The first-order chi connectivity index (χ1) is 20.9. The van der Waals surface area contributed by atoms with Gasteiger partial charge in [0.2, 0.25) is 0 Å². The van der Waals surface area contributed by atoms with Gasteiger partial charge in [-0.3, -0.25) is 4.57 Å². The molecule has 2 aromatic heterocycles. The first-order valence-electron chi connectivity index (χ1n) is 13.5. The minimum atomic E-state index is -4.75. The molecule has 0 saturated carbocycles. The van der Waals surface area contributed by atoms with Crippen molar-refractivity contribution in [3.8, 4) is 28.5 Å². The minimum absolute atomic E-state index is 0.317. The molecule has 0 unspecified atom stereocenters. The van der Waals surface area contributed by atoms with Gasteiger partial charge in [0.25, 0.3) is 0 Å². The smallest absolute Gasteiger partial charge is 0.406 e. The quantitative estimate of drug-likeness (QED) is 0.213. The van der Waals surface area contributed by atoms with E-state index in [2.05, 4.69) is 58.0 Å². The third-order valence-corrected chi connectivity index (χ3v) is 7.72. The number of alkyl halides is 3. The highest BCUT2D eigenvalue weighted by molar-refractivity contribution is 7.07. The Morgan fingerprint density at radius 1 is 1.00 bits per heavy atom. The van der Waals surface area contributed by atoms with Crippen LogP contribution in [0.15, 0.2) is 83.6 Å². The molecule has 0 spiro atoms. The molecule has 0 fully saturated rings. The molecular weight excluding hydrogens is 589 g/mol. The van der Waals surface area contributed by atoms with Crippen LogP contribution in [0.25, 0.3) is 28.3 Å². The number of benzene rings is 3. The van der Waals surface area contributed by atoms with Crippen molar-refractivity contribution in [2.75, 3.05) is 0 Å². The number of rotatable bonds is 6. The first-order valence-corrected chi connectivity index (χ1v) is 14.4. The van der Waals surface area contributed by atoms with E-state index in [9.17, 15) is 18.0 Å². The fourth-order valence-electron chi connectivity index (χ4n) is 4.84. The Hall–Kier alpha value is -4.97. The van der Waals surface area contributed by atoms with E-state index in [1.165, 1.54) is 52.2 Å². The molecule has 0 saturated heterocycles. The second-order valence-corrected chi connectivity index (χ2v) is 11.1. The number of allylic oxidation sites excluding steroid dienone is 1. The molecule has 226 valence electrons. The maximum Gasteiger partial charge on any atom is 0.573 e. The van der Waals surface area contributed by atoms with Crippen LogP contribution >= 0.6 is 11.3 Å². The van der Waals surface area contributed by atoms with Crippen molar-refractivity contribution in [3.63, 3.8) is 0 Å². The van der Waals surface area contributed by atoms with Crippen LogP contribution in [0.5, 0.6) is 5.75 Å². The third-order valence-electron chi connectivity index (χ3n) is 6.77. The van der Waals surface area contributed by atoms with Crippen molar-refractivity contribution < 1.29 is 22.7 Å². The number of halogens is 3. The summed E-state index contributed by atoms with van der Waals surface area (Å²) in [7, 11) is 0. The number of hydrogen-bond acceptors (Lipinski definition) is 5. The molecule has 1 N–H and O–H groups in total. The van der Waals surface area contributed by atoms with E-state index < -0.39 is 12.4 Å². The number of nitrogens with one attached hydrogen (secondary N) is 1. The van der Waals surface area contributed by atoms with E-state index in [1.807, 2.05) is 48.1 Å². The number of amides is 2. The topological polar surface area (TPSA) is 86.3 Å². The van der Waals surface area contributed by atoms with Gasteiger partial charge in [-0.15, -0.1) is 29.6 Å². The van der Waals surface area contributed by atoms with Gasteiger partial charge in [0.15, 0.2) is 10.6 Å². The lowest BCUT2D eigenvalue weighted by atomic mass is 10.0. The molecule has 0 aliphatic carbocycles. The fourth-order valence-corrected chi connectivity index (χ4v) is 5.70. The molecule has 3 aromatic carbocycles. The van der Waals surface area contributed by atoms with Crippen LogP contribution < -0.4 is 14.9 Å². The van der Waals surface area contributed by atoms with Crippen molar-refractivity contribution in [2.45, 2.75) is 41.0 Å². The van der Waals surface area contributed by atoms with Gasteiger partial charge in [-0.05, 0) is 81.1 Å². The van der Waals surface area contributed by atoms with E-state index in [0.717, 1.165) is 39.2 Å². The predicted octanol–water partition coefficient (Wildman–Crippen LogP) is 7.59. The summed E-state index contributed by atoms with van der Waals surface area (Å²) in [6, 6.07) is 16.6. The molecule has 12 heteroatoms. The number of nitrogens with zero attached hydrogens (tertiary/aromatic N) is 5. The highest BCUT2D eigenvalue weighted by atomic mass is 32.1. The van der Waals surface area contributed by atoms with Gasteiger partial charge in [0.1, 0.15) is 12.1 Å². The number of thiazole rings is 1. The van der Waals surface area contributed by atoms with Gasteiger partial charge in [0, 0.05) is 22.8 Å². The van der Waals surface area contributed by atoms with Crippen LogP contribution in [0.3, 0.4) is 0 Å². The fraction of sp³-hybridized carbons (Fsp3) is 0.188. The van der Waals surface area contributed by atoms with Crippen LogP contribution in [0.1, 0.15) is 34.9 Å². The zero-order valence-corrected chi connectivity index (χ0v) is 25.4. The largest absolute Gasteiger partial charge is 0.573 e. The Kier molecular flexibility index (Phi) is 8.54. The van der Waals surface area contributed by atoms with E-state index in [-0.39, 0.29) is 5.75 Å². The summed E-state index contributed by atoms with van der Waals surface area (Å²) < 4.78 is 44.6. The van der Waals surface area contributed by atoms with Crippen molar-refractivity contribution in [1.82, 2.24) is 24.6 Å². The molecule has 5 rings (SSSR count). The predicted molar refractivity (Wildman–Crippen MR) is 164 cm³/mol. The molecule has 5 aromatic rings. The Morgan fingerprint density at radius 2 is 1.66 bits per heavy atom. The summed E-state index contributed by atoms with van der Waals surface area (Å²) >= 11 is 1.41. The van der Waals surface area contributed by atoms with Gasteiger partial charge in [0.05, 0.1) is 11.4 Å². The molecular formula is C32H29F3N6O2S. The lowest BCUT2D eigenvalue weighted by Gasteiger charge is -2.14. The summed E-state index contributed by atoms with van der Waals surface area (Å²) in [5.74, 6) is 0.127. The summed E-state index contributed by atoms with van der Waals surface area (Å²) in [6.45, 7) is 10.0. The summed E-state index contributed by atoms with van der Waals surface area (Å²) in [5, 5.41) is 9.18. The second kappa shape index (κ2) is 12.3. The molecule has 2 amide bonds. The van der Waals surface area contributed by atoms with Gasteiger partial charge >= 0.3 is 12.4 Å². The average Bonchev–Trinajstić information content (AvgIpc) is 3.59.